The standard InChI is InChI=1S/C20H14F2N2O2S/c21-13-10-11-16(15(22)12-13)23-19(25)20(26)24-17-8-4-5-9-18(17)27-14-6-2-1-3-7-14/h1-12H,(H,23,25)(H,24,26). The fourth-order valence-electron chi connectivity index (χ4n) is 2.22. The fourth-order valence-corrected chi connectivity index (χ4v) is 3.15. The topological polar surface area (TPSA) is 58.2 Å². The summed E-state index contributed by atoms with van der Waals surface area (Å²) >= 11 is 1.43. The van der Waals surface area contributed by atoms with Crippen LogP contribution in [0.2, 0.25) is 0 Å². The largest absolute Gasteiger partial charge is 0.317 e. The molecule has 4 nitrogen and oxygen atoms in total. The van der Waals surface area contributed by atoms with Crippen molar-refractivity contribution in [2.75, 3.05) is 10.6 Å². The van der Waals surface area contributed by atoms with Crippen LogP contribution in [0.3, 0.4) is 0 Å². The summed E-state index contributed by atoms with van der Waals surface area (Å²) in [5.41, 5.74) is 0.176. The smallest absolute Gasteiger partial charge is 0.314 e. The zero-order chi connectivity index (χ0) is 19.2. The predicted molar refractivity (Wildman–Crippen MR) is 101 cm³/mol. The molecular formula is C20H14F2N2O2S. The van der Waals surface area contributed by atoms with Gasteiger partial charge in [0.2, 0.25) is 0 Å². The molecule has 0 fully saturated rings. The highest BCUT2D eigenvalue weighted by Gasteiger charge is 2.17. The molecule has 3 rings (SSSR count). The first-order valence-electron chi connectivity index (χ1n) is 7.92. The van der Waals surface area contributed by atoms with Gasteiger partial charge in [0.1, 0.15) is 11.6 Å². The van der Waals surface area contributed by atoms with Crippen molar-refractivity contribution < 1.29 is 18.4 Å². The number of anilines is 2. The van der Waals surface area contributed by atoms with Gasteiger partial charge in [-0.15, -0.1) is 0 Å². The first-order chi connectivity index (χ1) is 13.0. The Hall–Kier alpha value is -3.19. The second-order valence-corrected chi connectivity index (χ2v) is 6.56. The Labute approximate surface area is 158 Å². The van der Waals surface area contributed by atoms with Gasteiger partial charge in [0.15, 0.2) is 0 Å². The van der Waals surface area contributed by atoms with Crippen molar-refractivity contribution in [2.24, 2.45) is 0 Å². The molecule has 0 unspecified atom stereocenters. The van der Waals surface area contributed by atoms with E-state index in [1.165, 1.54) is 11.8 Å². The van der Waals surface area contributed by atoms with E-state index in [4.69, 9.17) is 0 Å². The second-order valence-electron chi connectivity index (χ2n) is 5.44. The number of para-hydroxylation sites is 1. The molecule has 0 radical (unpaired) electrons. The van der Waals surface area contributed by atoms with E-state index in [1.54, 1.807) is 12.1 Å². The lowest BCUT2D eigenvalue weighted by Crippen LogP contribution is -2.29. The first kappa shape index (κ1) is 18.6. The number of benzene rings is 3. The molecule has 2 amide bonds. The van der Waals surface area contributed by atoms with Gasteiger partial charge in [-0.05, 0) is 36.4 Å². The number of amides is 2. The summed E-state index contributed by atoms with van der Waals surface area (Å²) in [7, 11) is 0. The van der Waals surface area contributed by atoms with E-state index in [2.05, 4.69) is 10.6 Å². The van der Waals surface area contributed by atoms with Crippen molar-refractivity contribution in [1.29, 1.82) is 0 Å². The number of halogens is 2. The van der Waals surface area contributed by atoms with E-state index < -0.39 is 23.4 Å². The van der Waals surface area contributed by atoms with Crippen LogP contribution in [0.15, 0.2) is 82.6 Å². The van der Waals surface area contributed by atoms with Crippen molar-refractivity contribution in [3.8, 4) is 0 Å². The Kier molecular flexibility index (Phi) is 5.83. The molecule has 27 heavy (non-hydrogen) atoms. The average molecular weight is 384 g/mol. The lowest BCUT2D eigenvalue weighted by atomic mass is 10.3. The molecule has 0 aliphatic heterocycles. The minimum Gasteiger partial charge on any atom is -0.317 e. The third-order valence-electron chi connectivity index (χ3n) is 3.49. The summed E-state index contributed by atoms with van der Waals surface area (Å²) in [5, 5.41) is 4.64. The highest BCUT2D eigenvalue weighted by atomic mass is 32.2. The molecule has 7 heteroatoms. The number of rotatable bonds is 4. The average Bonchev–Trinajstić information content (AvgIpc) is 2.66. The van der Waals surface area contributed by atoms with Gasteiger partial charge in [0.25, 0.3) is 0 Å². The Morgan fingerprint density at radius 3 is 2.07 bits per heavy atom. The molecule has 3 aromatic rings. The van der Waals surface area contributed by atoms with Crippen molar-refractivity contribution in [3.05, 3.63) is 84.4 Å². The molecule has 0 saturated carbocycles. The summed E-state index contributed by atoms with van der Waals surface area (Å²) in [6.07, 6.45) is 0. The molecule has 0 aromatic heterocycles. The van der Waals surface area contributed by atoms with Crippen LogP contribution < -0.4 is 10.6 Å². The van der Waals surface area contributed by atoms with Gasteiger partial charge in [-0.2, -0.15) is 0 Å². The van der Waals surface area contributed by atoms with Crippen molar-refractivity contribution in [3.63, 3.8) is 0 Å². The highest BCUT2D eigenvalue weighted by molar-refractivity contribution is 7.99. The summed E-state index contributed by atoms with van der Waals surface area (Å²) in [6, 6.07) is 19.2. The van der Waals surface area contributed by atoms with E-state index in [0.29, 0.717) is 11.8 Å². The monoisotopic (exact) mass is 384 g/mol. The SMILES string of the molecule is O=C(Nc1ccc(F)cc1F)C(=O)Nc1ccccc1Sc1ccccc1. The summed E-state index contributed by atoms with van der Waals surface area (Å²) in [4.78, 5) is 25.9. The summed E-state index contributed by atoms with van der Waals surface area (Å²) in [6.45, 7) is 0. The highest BCUT2D eigenvalue weighted by Crippen LogP contribution is 2.33. The molecule has 0 atom stereocenters. The molecule has 0 aliphatic rings. The third-order valence-corrected chi connectivity index (χ3v) is 4.58. The lowest BCUT2D eigenvalue weighted by Gasteiger charge is -2.11. The minimum absolute atomic E-state index is 0.275. The van der Waals surface area contributed by atoms with Crippen molar-refractivity contribution in [1.82, 2.24) is 0 Å². The predicted octanol–water partition coefficient (Wildman–Crippen LogP) is 4.69. The Bertz CT molecular complexity index is 981. The fraction of sp³-hybridized carbons (Fsp3) is 0. The summed E-state index contributed by atoms with van der Waals surface area (Å²) in [5.74, 6) is -3.75. The Balaban J connectivity index is 1.71. The molecule has 0 spiro atoms. The van der Waals surface area contributed by atoms with Crippen LogP contribution in [0.4, 0.5) is 20.2 Å². The van der Waals surface area contributed by atoms with E-state index in [1.807, 2.05) is 42.5 Å². The van der Waals surface area contributed by atoms with Crippen molar-refractivity contribution in [2.45, 2.75) is 9.79 Å². The molecule has 0 bridgehead atoms. The molecule has 0 saturated heterocycles. The van der Waals surface area contributed by atoms with Crippen molar-refractivity contribution >= 4 is 35.0 Å². The number of hydrogen-bond donors (Lipinski definition) is 2. The van der Waals surface area contributed by atoms with Gasteiger partial charge >= 0.3 is 11.8 Å². The van der Waals surface area contributed by atoms with Crippen LogP contribution in [0.25, 0.3) is 0 Å². The van der Waals surface area contributed by atoms with E-state index in [9.17, 15) is 18.4 Å². The quantitative estimate of drug-likeness (QED) is 0.642. The van der Waals surface area contributed by atoms with Crippen LogP contribution in [0.5, 0.6) is 0 Å². The Morgan fingerprint density at radius 1 is 0.741 bits per heavy atom. The maximum absolute atomic E-state index is 13.6. The molecule has 2 N–H and O–H groups in total. The van der Waals surface area contributed by atoms with Crippen LogP contribution >= 0.6 is 11.8 Å². The van der Waals surface area contributed by atoms with E-state index in [0.717, 1.165) is 21.9 Å². The molecule has 0 aliphatic carbocycles. The summed E-state index contributed by atoms with van der Waals surface area (Å²) < 4.78 is 26.5. The van der Waals surface area contributed by atoms with Crippen LogP contribution in [-0.2, 0) is 9.59 Å². The van der Waals surface area contributed by atoms with Gasteiger partial charge in [-0.25, -0.2) is 8.78 Å². The van der Waals surface area contributed by atoms with E-state index in [-0.39, 0.29) is 5.69 Å². The zero-order valence-corrected chi connectivity index (χ0v) is 14.7. The van der Waals surface area contributed by atoms with Gasteiger partial charge in [0.05, 0.1) is 11.4 Å². The van der Waals surface area contributed by atoms with Crippen LogP contribution in [0.1, 0.15) is 0 Å². The van der Waals surface area contributed by atoms with Crippen LogP contribution in [-0.4, -0.2) is 11.8 Å². The minimum atomic E-state index is -1.06. The van der Waals surface area contributed by atoms with Gasteiger partial charge in [-0.3, -0.25) is 9.59 Å². The first-order valence-corrected chi connectivity index (χ1v) is 8.74. The third kappa shape index (κ3) is 4.92. The molecular weight excluding hydrogens is 370 g/mol. The molecule has 3 aromatic carbocycles. The molecule has 136 valence electrons. The molecule has 0 heterocycles. The van der Waals surface area contributed by atoms with Gasteiger partial charge in [0, 0.05) is 15.9 Å². The number of carbonyl (C=O) groups is 2. The second kappa shape index (κ2) is 8.46. The Morgan fingerprint density at radius 2 is 1.37 bits per heavy atom. The maximum Gasteiger partial charge on any atom is 0.314 e. The number of hydrogen-bond acceptors (Lipinski definition) is 3. The number of nitrogens with one attached hydrogen (secondary N) is 2. The maximum atomic E-state index is 13.6. The van der Waals surface area contributed by atoms with Gasteiger partial charge < -0.3 is 10.6 Å². The number of carbonyl (C=O) groups excluding carboxylic acids is 2. The zero-order valence-electron chi connectivity index (χ0n) is 13.9. The van der Waals surface area contributed by atoms with Gasteiger partial charge in [-0.1, -0.05) is 42.1 Å². The lowest BCUT2D eigenvalue weighted by molar-refractivity contribution is -0.133. The van der Waals surface area contributed by atoms with Crippen LogP contribution in [0, 0.1) is 11.6 Å². The normalized spacial score (nSPS) is 10.3. The van der Waals surface area contributed by atoms with E-state index >= 15 is 0 Å².